The maximum absolute atomic E-state index is 13.7. The van der Waals surface area contributed by atoms with Crippen LogP contribution in [-0.4, -0.2) is 4.57 Å². The monoisotopic (exact) mass is 253 g/mol. The minimum Gasteiger partial charge on any atom is -0.249 e. The van der Waals surface area contributed by atoms with Crippen LogP contribution in [0.2, 0.25) is 0 Å². The lowest BCUT2D eigenvalue weighted by atomic mass is 10.1. The van der Waals surface area contributed by atoms with Crippen molar-refractivity contribution in [2.75, 3.05) is 0 Å². The molecule has 0 saturated heterocycles. The lowest BCUT2D eigenvalue weighted by Gasteiger charge is -2.11. The first-order valence-corrected chi connectivity index (χ1v) is 5.25. The number of rotatable bonds is 0. The molecule has 5 heteroatoms. The highest BCUT2D eigenvalue weighted by Crippen LogP contribution is 2.37. The predicted octanol–water partition coefficient (Wildman–Crippen LogP) is 4.41. The average Bonchev–Trinajstić information content (AvgIpc) is 2.65. The second-order valence-electron chi connectivity index (χ2n) is 3.96. The Kier molecular flexibility index (Phi) is 2.14. The van der Waals surface area contributed by atoms with Crippen LogP contribution < -0.4 is 0 Å². The van der Waals surface area contributed by atoms with Gasteiger partial charge in [-0.05, 0) is 12.1 Å². The third kappa shape index (κ3) is 1.40. The second kappa shape index (κ2) is 3.48. The van der Waals surface area contributed by atoms with E-state index in [1.165, 1.54) is 24.3 Å². The van der Waals surface area contributed by atoms with Gasteiger partial charge < -0.3 is 0 Å². The van der Waals surface area contributed by atoms with Gasteiger partial charge in [-0.1, -0.05) is 30.3 Å². The largest absolute Gasteiger partial charge is 0.489 e. The van der Waals surface area contributed by atoms with E-state index in [-0.39, 0.29) is 15.5 Å². The molecule has 1 heterocycles. The van der Waals surface area contributed by atoms with Crippen LogP contribution in [-0.2, 0) is 6.30 Å². The van der Waals surface area contributed by atoms with Gasteiger partial charge in [0.05, 0.1) is 11.0 Å². The Balaban J connectivity index is 2.64. The van der Waals surface area contributed by atoms with Crippen LogP contribution in [0.25, 0.3) is 21.8 Å². The van der Waals surface area contributed by atoms with Gasteiger partial charge in [0.1, 0.15) is 5.82 Å². The Bertz CT molecular complexity index is 740. The van der Waals surface area contributed by atoms with E-state index in [1.807, 2.05) is 0 Å². The van der Waals surface area contributed by atoms with E-state index in [9.17, 15) is 17.6 Å². The van der Waals surface area contributed by atoms with Crippen LogP contribution >= 0.6 is 0 Å². The fourth-order valence-electron chi connectivity index (χ4n) is 2.24. The third-order valence-electron chi connectivity index (χ3n) is 2.90. The number of hydrogen-bond donors (Lipinski definition) is 0. The first-order valence-electron chi connectivity index (χ1n) is 5.25. The van der Waals surface area contributed by atoms with E-state index in [0.29, 0.717) is 5.39 Å². The Hall–Kier alpha value is -2.04. The molecule has 0 atom stereocenters. The number of alkyl halides is 3. The maximum atomic E-state index is 13.7. The number of nitrogens with zero attached hydrogens (tertiary/aromatic N) is 1. The lowest BCUT2D eigenvalue weighted by Crippen LogP contribution is -2.16. The molecular weight excluding hydrogens is 246 g/mol. The van der Waals surface area contributed by atoms with Crippen molar-refractivity contribution in [2.24, 2.45) is 0 Å². The maximum Gasteiger partial charge on any atom is 0.489 e. The minimum atomic E-state index is -4.65. The van der Waals surface area contributed by atoms with Crippen LogP contribution in [0.3, 0.4) is 0 Å². The highest BCUT2D eigenvalue weighted by molar-refractivity contribution is 6.08. The smallest absolute Gasteiger partial charge is 0.249 e. The van der Waals surface area contributed by atoms with Gasteiger partial charge >= 0.3 is 6.30 Å². The number of halogens is 4. The highest BCUT2D eigenvalue weighted by atomic mass is 19.4. The van der Waals surface area contributed by atoms with Gasteiger partial charge in [0.25, 0.3) is 0 Å². The Morgan fingerprint density at radius 2 is 1.50 bits per heavy atom. The molecule has 1 nitrogen and oxygen atoms in total. The molecule has 0 saturated carbocycles. The highest BCUT2D eigenvalue weighted by Gasteiger charge is 2.35. The minimum absolute atomic E-state index is 0.0369. The van der Waals surface area contributed by atoms with E-state index < -0.39 is 17.6 Å². The van der Waals surface area contributed by atoms with Gasteiger partial charge in [0.2, 0.25) is 0 Å². The predicted molar refractivity (Wildman–Crippen MR) is 60.7 cm³/mol. The van der Waals surface area contributed by atoms with Gasteiger partial charge in [-0.15, -0.1) is 13.2 Å². The Labute approximate surface area is 99.2 Å². The molecule has 18 heavy (non-hydrogen) atoms. The van der Waals surface area contributed by atoms with Crippen LogP contribution in [0.4, 0.5) is 17.6 Å². The molecule has 3 rings (SSSR count). The van der Waals surface area contributed by atoms with E-state index in [4.69, 9.17) is 0 Å². The quantitative estimate of drug-likeness (QED) is 0.523. The van der Waals surface area contributed by atoms with Crippen LogP contribution in [0.5, 0.6) is 0 Å². The normalized spacial score (nSPS) is 12.4. The van der Waals surface area contributed by atoms with Gasteiger partial charge in [0, 0.05) is 10.8 Å². The molecule has 2 aromatic carbocycles. The number of fused-ring (bicyclic) bond motifs is 3. The van der Waals surface area contributed by atoms with Crippen molar-refractivity contribution in [3.05, 3.63) is 48.3 Å². The van der Waals surface area contributed by atoms with Gasteiger partial charge in [-0.2, -0.15) is 0 Å². The molecule has 0 N–H and O–H groups in total. The molecule has 0 fully saturated rings. The Morgan fingerprint density at radius 3 is 2.22 bits per heavy atom. The van der Waals surface area contributed by atoms with E-state index in [1.54, 1.807) is 12.1 Å². The molecule has 92 valence electrons. The summed E-state index contributed by atoms with van der Waals surface area (Å²) in [4.78, 5) is 0. The summed E-state index contributed by atoms with van der Waals surface area (Å²) in [5.41, 5.74) is -0.462. The SMILES string of the molecule is Fc1cccc2c3ccccc3n(C(F)(F)F)c12. The zero-order valence-corrected chi connectivity index (χ0v) is 9.00. The topological polar surface area (TPSA) is 4.93 Å². The van der Waals surface area contributed by atoms with Gasteiger partial charge in [0.15, 0.2) is 0 Å². The summed E-state index contributed by atoms with van der Waals surface area (Å²) in [6.45, 7) is 0. The fourth-order valence-corrected chi connectivity index (χ4v) is 2.24. The van der Waals surface area contributed by atoms with E-state index in [0.717, 1.165) is 6.07 Å². The van der Waals surface area contributed by atoms with Crippen molar-refractivity contribution in [1.29, 1.82) is 0 Å². The summed E-state index contributed by atoms with van der Waals surface area (Å²) in [7, 11) is 0. The molecule has 0 aliphatic rings. The second-order valence-corrected chi connectivity index (χ2v) is 3.96. The van der Waals surface area contributed by atoms with Crippen LogP contribution in [0, 0.1) is 5.82 Å². The summed E-state index contributed by atoms with van der Waals surface area (Å²) >= 11 is 0. The van der Waals surface area contributed by atoms with Crippen molar-refractivity contribution < 1.29 is 17.6 Å². The average molecular weight is 253 g/mol. The third-order valence-corrected chi connectivity index (χ3v) is 2.90. The molecule has 0 unspecified atom stereocenters. The fraction of sp³-hybridized carbons (Fsp3) is 0.0769. The number of benzene rings is 2. The molecule has 1 aromatic heterocycles. The number of hydrogen-bond acceptors (Lipinski definition) is 0. The van der Waals surface area contributed by atoms with Crippen LogP contribution in [0.15, 0.2) is 42.5 Å². The number of aromatic nitrogens is 1. The van der Waals surface area contributed by atoms with E-state index in [2.05, 4.69) is 0 Å². The van der Waals surface area contributed by atoms with E-state index >= 15 is 0 Å². The van der Waals surface area contributed by atoms with Crippen LogP contribution in [0.1, 0.15) is 0 Å². The van der Waals surface area contributed by atoms with Crippen molar-refractivity contribution in [3.8, 4) is 0 Å². The first kappa shape index (κ1) is 11.1. The summed E-state index contributed by atoms with van der Waals surface area (Å²) in [5, 5.41) is 0.659. The van der Waals surface area contributed by atoms with Crippen molar-refractivity contribution in [2.45, 2.75) is 6.30 Å². The zero-order valence-electron chi connectivity index (χ0n) is 9.00. The van der Waals surface area contributed by atoms with Crippen molar-refractivity contribution >= 4 is 21.8 Å². The molecular formula is C13H7F4N. The molecule has 0 aliphatic heterocycles. The molecule has 0 spiro atoms. The summed E-state index contributed by atoms with van der Waals surface area (Å²) < 4.78 is 53.0. The molecule has 3 aromatic rings. The summed E-state index contributed by atoms with van der Waals surface area (Å²) in [6.07, 6.45) is -4.65. The molecule has 0 aliphatic carbocycles. The van der Waals surface area contributed by atoms with Gasteiger partial charge in [-0.3, -0.25) is 0 Å². The molecule has 0 bridgehead atoms. The summed E-state index contributed by atoms with van der Waals surface area (Å²) in [6, 6.07) is 9.95. The summed E-state index contributed by atoms with van der Waals surface area (Å²) in [5.74, 6) is -0.874. The first-order chi connectivity index (χ1) is 8.50. The molecule has 0 radical (unpaired) electrons. The Morgan fingerprint density at radius 1 is 0.833 bits per heavy atom. The standard InChI is InChI=1S/C13H7F4N/c14-10-6-3-5-9-8-4-1-2-7-11(8)18(12(9)10)13(15,16)17/h1-7H. The molecule has 0 amide bonds. The zero-order chi connectivity index (χ0) is 12.9. The lowest BCUT2D eigenvalue weighted by molar-refractivity contribution is -0.197. The van der Waals surface area contributed by atoms with Gasteiger partial charge in [-0.25, -0.2) is 8.96 Å². The van der Waals surface area contributed by atoms with Crippen molar-refractivity contribution in [3.63, 3.8) is 0 Å². The number of para-hydroxylation sites is 2. The van der Waals surface area contributed by atoms with Crippen molar-refractivity contribution in [1.82, 2.24) is 4.57 Å².